The van der Waals surface area contributed by atoms with Crippen LogP contribution in [0.1, 0.15) is 19.8 Å². The van der Waals surface area contributed by atoms with E-state index in [0.717, 1.165) is 39.0 Å². The predicted octanol–water partition coefficient (Wildman–Crippen LogP) is 0.130. The lowest BCUT2D eigenvalue weighted by Gasteiger charge is -2.33. The maximum Gasteiger partial charge on any atom is 0.219 e. The molecule has 15 heavy (non-hydrogen) atoms. The van der Waals surface area contributed by atoms with Crippen molar-refractivity contribution in [3.63, 3.8) is 0 Å². The normalized spacial score (nSPS) is 22.9. The number of rotatable bonds is 3. The van der Waals surface area contributed by atoms with Gasteiger partial charge in [-0.15, -0.1) is 0 Å². The topological polar surface area (TPSA) is 40.6 Å². The molecule has 1 aliphatic carbocycles. The number of carbonyl (C=O) groups excluding carboxylic acids is 2. The molecule has 2 fully saturated rings. The molecular weight excluding hydrogens is 192 g/mol. The molecular formula is C11H18N2O2. The Morgan fingerprint density at radius 1 is 1.13 bits per heavy atom. The van der Waals surface area contributed by atoms with Crippen molar-refractivity contribution in [1.82, 2.24) is 9.80 Å². The molecule has 2 rings (SSSR count). The third kappa shape index (κ3) is 2.78. The minimum Gasteiger partial charge on any atom is -0.340 e. The second kappa shape index (κ2) is 4.31. The molecule has 0 aromatic rings. The van der Waals surface area contributed by atoms with Crippen molar-refractivity contribution >= 4 is 11.7 Å². The van der Waals surface area contributed by atoms with Gasteiger partial charge < -0.3 is 4.90 Å². The Morgan fingerprint density at radius 2 is 1.73 bits per heavy atom. The molecule has 1 amide bonds. The molecule has 1 saturated heterocycles. The summed E-state index contributed by atoms with van der Waals surface area (Å²) in [6, 6.07) is 0. The fourth-order valence-electron chi connectivity index (χ4n) is 1.98. The fourth-order valence-corrected chi connectivity index (χ4v) is 1.98. The first kappa shape index (κ1) is 10.6. The molecule has 0 unspecified atom stereocenters. The Bertz CT molecular complexity index is 266. The van der Waals surface area contributed by atoms with Gasteiger partial charge in [0.25, 0.3) is 0 Å². The molecule has 4 heteroatoms. The largest absolute Gasteiger partial charge is 0.340 e. The van der Waals surface area contributed by atoms with Crippen LogP contribution in [-0.4, -0.2) is 54.2 Å². The molecule has 1 heterocycles. The van der Waals surface area contributed by atoms with Gasteiger partial charge in [-0.3, -0.25) is 14.5 Å². The van der Waals surface area contributed by atoms with Crippen molar-refractivity contribution in [2.24, 2.45) is 5.92 Å². The zero-order chi connectivity index (χ0) is 10.8. The molecule has 1 saturated carbocycles. The van der Waals surface area contributed by atoms with Gasteiger partial charge in [0.2, 0.25) is 5.91 Å². The summed E-state index contributed by atoms with van der Waals surface area (Å²) in [7, 11) is 0. The molecule has 0 radical (unpaired) electrons. The predicted molar refractivity (Wildman–Crippen MR) is 56.4 cm³/mol. The average Bonchev–Trinajstić information content (AvgIpc) is 3.01. The quantitative estimate of drug-likeness (QED) is 0.665. The van der Waals surface area contributed by atoms with Crippen molar-refractivity contribution in [1.29, 1.82) is 0 Å². The van der Waals surface area contributed by atoms with E-state index in [-0.39, 0.29) is 5.91 Å². The Hall–Kier alpha value is -0.900. The highest BCUT2D eigenvalue weighted by atomic mass is 16.2. The van der Waals surface area contributed by atoms with Gasteiger partial charge in [-0.05, 0) is 12.8 Å². The monoisotopic (exact) mass is 210 g/mol. The van der Waals surface area contributed by atoms with Crippen LogP contribution in [0.15, 0.2) is 0 Å². The Morgan fingerprint density at radius 3 is 2.20 bits per heavy atom. The summed E-state index contributed by atoms with van der Waals surface area (Å²) in [4.78, 5) is 26.7. The van der Waals surface area contributed by atoms with Crippen LogP contribution < -0.4 is 0 Å². The second-order valence-electron chi connectivity index (χ2n) is 4.52. The summed E-state index contributed by atoms with van der Waals surface area (Å²) in [6.07, 6.45) is 2.18. The van der Waals surface area contributed by atoms with Crippen LogP contribution in [0.5, 0.6) is 0 Å². The van der Waals surface area contributed by atoms with Crippen molar-refractivity contribution < 1.29 is 9.59 Å². The molecule has 0 spiro atoms. The summed E-state index contributed by atoms with van der Waals surface area (Å²) < 4.78 is 0. The van der Waals surface area contributed by atoms with E-state index in [1.54, 1.807) is 6.92 Å². The molecule has 4 nitrogen and oxygen atoms in total. The van der Waals surface area contributed by atoms with E-state index in [1.165, 1.54) is 0 Å². The van der Waals surface area contributed by atoms with E-state index in [9.17, 15) is 9.59 Å². The van der Waals surface area contributed by atoms with Gasteiger partial charge in [-0.2, -0.15) is 0 Å². The summed E-state index contributed by atoms with van der Waals surface area (Å²) in [6.45, 7) is 5.43. The maximum absolute atomic E-state index is 11.6. The maximum atomic E-state index is 11.6. The van der Waals surface area contributed by atoms with Gasteiger partial charge in [0, 0.05) is 39.0 Å². The molecule has 0 atom stereocenters. The minimum absolute atomic E-state index is 0.142. The van der Waals surface area contributed by atoms with Gasteiger partial charge in [-0.1, -0.05) is 0 Å². The molecule has 84 valence electrons. The summed E-state index contributed by atoms with van der Waals surface area (Å²) in [5.41, 5.74) is 0. The number of carbonyl (C=O) groups is 2. The number of nitrogens with zero attached hydrogens (tertiary/aromatic N) is 2. The molecule has 2 aliphatic rings. The van der Waals surface area contributed by atoms with Crippen LogP contribution in [0.4, 0.5) is 0 Å². The van der Waals surface area contributed by atoms with Crippen molar-refractivity contribution in [2.45, 2.75) is 19.8 Å². The molecule has 0 bridgehead atoms. The van der Waals surface area contributed by atoms with Gasteiger partial charge in [0.1, 0.15) is 5.78 Å². The zero-order valence-electron chi connectivity index (χ0n) is 9.24. The zero-order valence-corrected chi connectivity index (χ0v) is 9.24. The highest BCUT2D eigenvalue weighted by Crippen LogP contribution is 2.30. The number of Topliss-reactive ketones (excluding diaryl/α,β-unsaturated/α-hetero) is 1. The van der Waals surface area contributed by atoms with E-state index < -0.39 is 0 Å². The van der Waals surface area contributed by atoms with Crippen LogP contribution in [-0.2, 0) is 9.59 Å². The number of ketones is 1. The summed E-state index contributed by atoms with van der Waals surface area (Å²) in [5, 5.41) is 0. The first-order chi connectivity index (χ1) is 7.16. The second-order valence-corrected chi connectivity index (χ2v) is 4.52. The lowest BCUT2D eigenvalue weighted by atomic mass is 10.2. The average molecular weight is 210 g/mol. The summed E-state index contributed by atoms with van der Waals surface area (Å²) in [5.74, 6) is 0.894. The van der Waals surface area contributed by atoms with E-state index >= 15 is 0 Å². The van der Waals surface area contributed by atoms with Crippen LogP contribution >= 0.6 is 0 Å². The number of amides is 1. The van der Waals surface area contributed by atoms with E-state index in [0.29, 0.717) is 18.2 Å². The molecule has 0 N–H and O–H groups in total. The first-order valence-electron chi connectivity index (χ1n) is 5.67. The smallest absolute Gasteiger partial charge is 0.219 e. The van der Waals surface area contributed by atoms with Crippen LogP contribution in [0.3, 0.4) is 0 Å². The SMILES string of the molecule is CC(=O)N1CCN(CC(=O)C2CC2)CC1. The number of hydrogen-bond donors (Lipinski definition) is 0. The molecule has 0 aromatic heterocycles. The van der Waals surface area contributed by atoms with Crippen molar-refractivity contribution in [2.75, 3.05) is 32.7 Å². The highest BCUT2D eigenvalue weighted by molar-refractivity contribution is 5.85. The number of hydrogen-bond acceptors (Lipinski definition) is 3. The van der Waals surface area contributed by atoms with E-state index in [1.807, 2.05) is 4.90 Å². The number of piperazine rings is 1. The lowest BCUT2D eigenvalue weighted by Crippen LogP contribution is -2.49. The van der Waals surface area contributed by atoms with Gasteiger partial charge in [-0.25, -0.2) is 0 Å². The third-order valence-electron chi connectivity index (χ3n) is 3.23. The van der Waals surface area contributed by atoms with E-state index in [4.69, 9.17) is 0 Å². The minimum atomic E-state index is 0.142. The first-order valence-corrected chi connectivity index (χ1v) is 5.67. The Balaban J connectivity index is 1.73. The van der Waals surface area contributed by atoms with Gasteiger partial charge >= 0.3 is 0 Å². The van der Waals surface area contributed by atoms with Crippen LogP contribution in [0, 0.1) is 5.92 Å². The van der Waals surface area contributed by atoms with Gasteiger partial charge in [0.15, 0.2) is 0 Å². The third-order valence-corrected chi connectivity index (χ3v) is 3.23. The van der Waals surface area contributed by atoms with E-state index in [2.05, 4.69) is 4.90 Å². The van der Waals surface area contributed by atoms with Crippen molar-refractivity contribution in [3.8, 4) is 0 Å². The molecule has 0 aromatic carbocycles. The lowest BCUT2D eigenvalue weighted by molar-refractivity contribution is -0.130. The summed E-state index contributed by atoms with van der Waals surface area (Å²) >= 11 is 0. The van der Waals surface area contributed by atoms with Gasteiger partial charge in [0.05, 0.1) is 6.54 Å². The van der Waals surface area contributed by atoms with Crippen molar-refractivity contribution in [3.05, 3.63) is 0 Å². The molecule has 1 aliphatic heterocycles. The standard InChI is InChI=1S/C11H18N2O2/c1-9(14)13-6-4-12(5-7-13)8-11(15)10-2-3-10/h10H,2-8H2,1H3. The van der Waals surface area contributed by atoms with Crippen LogP contribution in [0.25, 0.3) is 0 Å². The Labute approximate surface area is 90.2 Å². The highest BCUT2D eigenvalue weighted by Gasteiger charge is 2.31. The Kier molecular flexibility index (Phi) is 3.05. The fraction of sp³-hybridized carbons (Fsp3) is 0.818. The van der Waals surface area contributed by atoms with Crippen LogP contribution in [0.2, 0.25) is 0 Å².